The fraction of sp³-hybridized carbons (Fsp3) is 0.333. The van der Waals surface area contributed by atoms with Crippen LogP contribution in [0, 0.1) is 5.92 Å². The van der Waals surface area contributed by atoms with E-state index >= 15 is 0 Å². The molecule has 5 rings (SSSR count). The smallest absolute Gasteiger partial charge is 0.376 e. The summed E-state index contributed by atoms with van der Waals surface area (Å²) in [6.07, 6.45) is -0.0612. The van der Waals surface area contributed by atoms with Crippen molar-refractivity contribution in [2.24, 2.45) is 5.92 Å². The van der Waals surface area contributed by atoms with E-state index < -0.39 is 23.7 Å². The topological polar surface area (TPSA) is 77.0 Å². The molecule has 0 unspecified atom stereocenters. The van der Waals surface area contributed by atoms with Crippen molar-refractivity contribution >= 4 is 33.3 Å². The van der Waals surface area contributed by atoms with Crippen LogP contribution in [0.4, 0.5) is 19.0 Å². The predicted molar refractivity (Wildman–Crippen MR) is 135 cm³/mol. The number of aromatic nitrogens is 3. The second-order valence-electron chi connectivity index (χ2n) is 8.96. The molecule has 0 aliphatic heterocycles. The third-order valence-electron chi connectivity index (χ3n) is 6.26. The Balaban J connectivity index is 1.21. The van der Waals surface area contributed by atoms with Crippen molar-refractivity contribution in [2.45, 2.75) is 44.4 Å². The Labute approximate surface area is 217 Å². The third kappa shape index (κ3) is 6.31. The highest BCUT2D eigenvalue weighted by molar-refractivity contribution is 7.18. The molecule has 4 aromatic rings. The maximum Gasteiger partial charge on any atom is 0.433 e. The molecule has 10 heteroatoms. The number of ether oxygens (including phenoxy) is 1. The highest BCUT2D eigenvalue weighted by atomic mass is 32.1. The minimum atomic E-state index is -4.65. The molecule has 0 atom stereocenters. The SMILES string of the molecule is [2H]C1(c2nc3cnc(NC(=O)c4cccc(C(F)(F)F)n4)cc3s2)CCC(COCc2ccccc2)CC1. The Morgan fingerprint density at radius 2 is 1.86 bits per heavy atom. The van der Waals surface area contributed by atoms with E-state index in [1.807, 2.05) is 30.3 Å². The molecule has 1 aliphatic rings. The highest BCUT2D eigenvalue weighted by Gasteiger charge is 2.33. The number of anilines is 1. The summed E-state index contributed by atoms with van der Waals surface area (Å²) in [5.41, 5.74) is 0.253. The van der Waals surface area contributed by atoms with Crippen LogP contribution in [0.1, 0.15) is 59.7 Å². The Hall–Kier alpha value is -3.37. The van der Waals surface area contributed by atoms with Gasteiger partial charge in [0.1, 0.15) is 17.2 Å². The number of hydrogen-bond acceptors (Lipinski definition) is 6. The summed E-state index contributed by atoms with van der Waals surface area (Å²) in [5, 5.41) is 3.20. The van der Waals surface area contributed by atoms with E-state index in [2.05, 4.69) is 20.3 Å². The number of carbonyl (C=O) groups is 1. The van der Waals surface area contributed by atoms with Crippen molar-refractivity contribution in [1.82, 2.24) is 15.0 Å². The standard InChI is InChI=1S/C27H25F3N4O2S/c28-27(29,30)23-8-4-7-20(32-23)25(35)34-24-13-22-21(14-31-24)33-26(37-22)19-11-9-18(10-12-19)16-36-15-17-5-2-1-3-6-17/h1-8,13-14,18-19H,9-12,15-16H2,(H,31,34,35)/i19D. The van der Waals surface area contributed by atoms with Crippen molar-refractivity contribution in [2.75, 3.05) is 11.9 Å². The molecule has 1 amide bonds. The fourth-order valence-electron chi connectivity index (χ4n) is 4.28. The Morgan fingerprint density at radius 3 is 2.62 bits per heavy atom. The second-order valence-corrected chi connectivity index (χ2v) is 9.99. The van der Waals surface area contributed by atoms with Crippen LogP contribution in [0.15, 0.2) is 60.8 Å². The molecule has 3 aromatic heterocycles. The first-order chi connectivity index (χ1) is 18.2. The van der Waals surface area contributed by atoms with Gasteiger partial charge in [-0.2, -0.15) is 13.2 Å². The largest absolute Gasteiger partial charge is 0.433 e. The van der Waals surface area contributed by atoms with Crippen LogP contribution in [0.2, 0.25) is 0 Å². The van der Waals surface area contributed by atoms with Gasteiger partial charge in [0, 0.05) is 19.9 Å². The average molecular weight is 528 g/mol. The zero-order valence-corrected chi connectivity index (χ0v) is 20.6. The van der Waals surface area contributed by atoms with Gasteiger partial charge in [0.05, 0.1) is 28.0 Å². The lowest BCUT2D eigenvalue weighted by Gasteiger charge is -2.27. The number of carbonyl (C=O) groups excluding carboxylic acids is 1. The van der Waals surface area contributed by atoms with Gasteiger partial charge in [-0.1, -0.05) is 36.4 Å². The lowest BCUT2D eigenvalue weighted by molar-refractivity contribution is -0.141. The van der Waals surface area contributed by atoms with Gasteiger partial charge in [-0.25, -0.2) is 15.0 Å². The van der Waals surface area contributed by atoms with Crippen LogP contribution >= 0.6 is 11.3 Å². The predicted octanol–water partition coefficient (Wildman–Crippen LogP) is 6.85. The summed E-state index contributed by atoms with van der Waals surface area (Å²) < 4.78 is 54.5. The minimum Gasteiger partial charge on any atom is -0.376 e. The van der Waals surface area contributed by atoms with E-state index in [1.54, 1.807) is 6.07 Å². The van der Waals surface area contributed by atoms with Gasteiger partial charge < -0.3 is 10.1 Å². The van der Waals surface area contributed by atoms with Gasteiger partial charge in [0.15, 0.2) is 0 Å². The summed E-state index contributed by atoms with van der Waals surface area (Å²) in [4.78, 5) is 24.7. The molecular weight excluding hydrogens is 501 g/mol. The molecular formula is C27H25F3N4O2S. The summed E-state index contributed by atoms with van der Waals surface area (Å²) in [6.45, 7) is 1.25. The van der Waals surface area contributed by atoms with E-state index in [9.17, 15) is 18.0 Å². The molecule has 1 saturated carbocycles. The van der Waals surface area contributed by atoms with Crippen molar-refractivity contribution in [3.05, 3.63) is 82.8 Å². The Bertz CT molecular complexity index is 1420. The molecule has 1 aliphatic carbocycles. The maximum atomic E-state index is 12.9. The number of nitrogens with zero attached hydrogens (tertiary/aromatic N) is 3. The van der Waals surface area contributed by atoms with Gasteiger partial charge >= 0.3 is 6.18 Å². The average Bonchev–Trinajstić information content (AvgIpc) is 3.35. The molecule has 1 aromatic carbocycles. The highest BCUT2D eigenvalue weighted by Crippen LogP contribution is 2.39. The van der Waals surface area contributed by atoms with Gasteiger partial charge in [0.2, 0.25) is 0 Å². The van der Waals surface area contributed by atoms with Gasteiger partial charge in [-0.05, 0) is 49.3 Å². The number of benzene rings is 1. The normalized spacial score (nSPS) is 20.5. The molecule has 0 bridgehead atoms. The number of pyridine rings is 2. The number of rotatable bonds is 7. The Kier molecular flexibility index (Phi) is 7.09. The van der Waals surface area contributed by atoms with E-state index in [1.165, 1.54) is 23.6 Å². The minimum absolute atomic E-state index is 0.176. The van der Waals surface area contributed by atoms with Crippen molar-refractivity contribution < 1.29 is 24.1 Å². The van der Waals surface area contributed by atoms with Crippen LogP contribution in [0.5, 0.6) is 0 Å². The first-order valence-electron chi connectivity index (χ1n) is 12.4. The first-order valence-corrected chi connectivity index (χ1v) is 12.8. The lowest BCUT2D eigenvalue weighted by Crippen LogP contribution is -2.17. The van der Waals surface area contributed by atoms with E-state index in [0.29, 0.717) is 42.5 Å². The summed E-state index contributed by atoms with van der Waals surface area (Å²) >= 11 is 1.38. The second kappa shape index (κ2) is 10.9. The van der Waals surface area contributed by atoms with Crippen LogP contribution < -0.4 is 5.32 Å². The van der Waals surface area contributed by atoms with Crippen molar-refractivity contribution in [1.29, 1.82) is 0 Å². The summed E-state index contributed by atoms with van der Waals surface area (Å²) in [7, 11) is 0. The molecule has 1 N–H and O–H groups in total. The third-order valence-corrected chi connectivity index (χ3v) is 7.39. The molecule has 6 nitrogen and oxygen atoms in total. The zero-order valence-electron chi connectivity index (χ0n) is 20.8. The van der Waals surface area contributed by atoms with Gasteiger partial charge in [0.25, 0.3) is 5.91 Å². The van der Waals surface area contributed by atoms with E-state index in [4.69, 9.17) is 6.11 Å². The maximum absolute atomic E-state index is 12.9. The zero-order chi connectivity index (χ0) is 26.8. The summed E-state index contributed by atoms with van der Waals surface area (Å²) in [5.74, 6) is -1.02. The number of hydrogen-bond donors (Lipinski definition) is 1. The number of halogens is 3. The number of amides is 1. The van der Waals surface area contributed by atoms with Crippen LogP contribution in [0.25, 0.3) is 10.2 Å². The molecule has 0 saturated heterocycles. The van der Waals surface area contributed by atoms with Crippen LogP contribution in [-0.2, 0) is 17.5 Å². The van der Waals surface area contributed by atoms with Crippen LogP contribution in [0.3, 0.4) is 0 Å². The van der Waals surface area contributed by atoms with E-state index in [0.717, 1.165) is 35.2 Å². The summed E-state index contributed by atoms with van der Waals surface area (Å²) in [6, 6.07) is 14.8. The monoisotopic (exact) mass is 527 g/mol. The molecule has 3 heterocycles. The van der Waals surface area contributed by atoms with Crippen molar-refractivity contribution in [3.63, 3.8) is 0 Å². The number of fused-ring (bicyclic) bond motifs is 1. The number of alkyl halides is 3. The van der Waals surface area contributed by atoms with E-state index in [-0.39, 0.29) is 11.5 Å². The molecule has 1 fully saturated rings. The molecule has 37 heavy (non-hydrogen) atoms. The van der Waals surface area contributed by atoms with Gasteiger partial charge in [-0.3, -0.25) is 4.79 Å². The number of thiazole rings is 1. The quantitative estimate of drug-likeness (QED) is 0.285. The molecule has 192 valence electrons. The Morgan fingerprint density at radius 1 is 1.08 bits per heavy atom. The molecule has 0 radical (unpaired) electrons. The van der Waals surface area contributed by atoms with Crippen molar-refractivity contribution in [3.8, 4) is 0 Å². The van der Waals surface area contributed by atoms with Crippen LogP contribution in [-0.4, -0.2) is 27.5 Å². The van der Waals surface area contributed by atoms with Gasteiger partial charge in [-0.15, -0.1) is 11.3 Å². The molecule has 0 spiro atoms. The first kappa shape index (κ1) is 24.0. The fourth-order valence-corrected chi connectivity index (χ4v) is 5.35. The number of nitrogens with one attached hydrogen (secondary N) is 1. The lowest BCUT2D eigenvalue weighted by atomic mass is 9.83.